The predicted molar refractivity (Wildman–Crippen MR) is 106 cm³/mol. The van der Waals surface area contributed by atoms with E-state index >= 15 is 0 Å². The van der Waals surface area contributed by atoms with Gasteiger partial charge in [-0.2, -0.15) is 0 Å². The van der Waals surface area contributed by atoms with Crippen LogP contribution in [0.25, 0.3) is 0 Å². The second-order valence-electron chi connectivity index (χ2n) is 7.06. The predicted octanol–water partition coefficient (Wildman–Crippen LogP) is 4.00. The highest BCUT2D eigenvalue weighted by molar-refractivity contribution is 5.74. The molecule has 1 heterocycles. The number of aryl methyl sites for hydroxylation is 1. The van der Waals surface area contributed by atoms with Gasteiger partial charge in [-0.15, -0.1) is 0 Å². The topological polar surface area (TPSA) is 50.8 Å². The first-order chi connectivity index (χ1) is 13.1. The molecule has 1 unspecified atom stereocenters. The van der Waals surface area contributed by atoms with Gasteiger partial charge in [0, 0.05) is 19.6 Å². The van der Waals surface area contributed by atoms with Crippen LogP contribution in [0.1, 0.15) is 24.0 Å². The molecule has 2 aromatic rings. The minimum absolute atomic E-state index is 0.00720. The van der Waals surface area contributed by atoms with E-state index in [2.05, 4.69) is 24.4 Å². The summed E-state index contributed by atoms with van der Waals surface area (Å²) in [6, 6.07) is 15.9. The van der Waals surface area contributed by atoms with Gasteiger partial charge in [0.2, 0.25) is 0 Å². The van der Waals surface area contributed by atoms with E-state index in [1.54, 1.807) is 7.11 Å². The van der Waals surface area contributed by atoms with Gasteiger partial charge in [0.15, 0.2) is 0 Å². The maximum absolute atomic E-state index is 12.4. The Labute approximate surface area is 161 Å². The molecule has 0 saturated carbocycles. The second kappa shape index (κ2) is 9.31. The molecule has 1 saturated heterocycles. The fourth-order valence-corrected chi connectivity index (χ4v) is 3.26. The third-order valence-electron chi connectivity index (χ3n) is 4.99. The van der Waals surface area contributed by atoms with E-state index < -0.39 is 0 Å². The molecule has 144 valence electrons. The Kier molecular flexibility index (Phi) is 6.58. The standard InChI is InChI=1S/C22H28N2O3/c1-17-3-7-21(8-4-17)27-14-12-19-11-13-24(16-19)22(25)23-15-18-5-9-20(26-2)10-6-18/h3-10,19H,11-16H2,1-2H3,(H,23,25). The Morgan fingerprint density at radius 3 is 2.52 bits per heavy atom. The Hall–Kier alpha value is -2.69. The molecular weight excluding hydrogens is 340 g/mol. The molecule has 5 nitrogen and oxygen atoms in total. The third-order valence-corrected chi connectivity index (χ3v) is 4.99. The fourth-order valence-electron chi connectivity index (χ4n) is 3.26. The zero-order valence-corrected chi connectivity index (χ0v) is 16.1. The van der Waals surface area contributed by atoms with Crippen molar-refractivity contribution in [3.8, 4) is 11.5 Å². The van der Waals surface area contributed by atoms with Crippen LogP contribution in [0.3, 0.4) is 0 Å². The SMILES string of the molecule is COc1ccc(CNC(=O)N2CCC(CCOc3ccc(C)cc3)C2)cc1. The minimum Gasteiger partial charge on any atom is -0.497 e. The Morgan fingerprint density at radius 2 is 1.81 bits per heavy atom. The number of hydrogen-bond donors (Lipinski definition) is 1. The number of methoxy groups -OCH3 is 1. The summed E-state index contributed by atoms with van der Waals surface area (Å²) in [5.41, 5.74) is 2.29. The number of benzene rings is 2. The smallest absolute Gasteiger partial charge is 0.317 e. The number of nitrogens with zero attached hydrogens (tertiary/aromatic N) is 1. The van der Waals surface area contributed by atoms with Gasteiger partial charge >= 0.3 is 6.03 Å². The van der Waals surface area contributed by atoms with Gasteiger partial charge in [-0.25, -0.2) is 4.79 Å². The van der Waals surface area contributed by atoms with Crippen LogP contribution in [0.4, 0.5) is 4.79 Å². The summed E-state index contributed by atoms with van der Waals surface area (Å²) in [7, 11) is 1.65. The van der Waals surface area contributed by atoms with Crippen molar-refractivity contribution in [1.29, 1.82) is 0 Å². The number of ether oxygens (including phenoxy) is 2. The van der Waals surface area contributed by atoms with Crippen LogP contribution >= 0.6 is 0 Å². The lowest BCUT2D eigenvalue weighted by Gasteiger charge is -2.17. The van der Waals surface area contributed by atoms with Crippen molar-refractivity contribution in [1.82, 2.24) is 10.2 Å². The van der Waals surface area contributed by atoms with Crippen LogP contribution in [-0.2, 0) is 6.54 Å². The van der Waals surface area contributed by atoms with Gasteiger partial charge in [-0.05, 0) is 55.5 Å². The molecule has 1 N–H and O–H groups in total. The number of rotatable bonds is 7. The summed E-state index contributed by atoms with van der Waals surface area (Å²) in [6.07, 6.45) is 2.00. The number of nitrogens with one attached hydrogen (secondary N) is 1. The van der Waals surface area contributed by atoms with Crippen LogP contribution < -0.4 is 14.8 Å². The van der Waals surface area contributed by atoms with Crippen molar-refractivity contribution >= 4 is 6.03 Å². The largest absolute Gasteiger partial charge is 0.497 e. The quantitative estimate of drug-likeness (QED) is 0.803. The summed E-state index contributed by atoms with van der Waals surface area (Å²) in [6.45, 7) is 4.89. The van der Waals surface area contributed by atoms with Gasteiger partial charge in [-0.3, -0.25) is 0 Å². The van der Waals surface area contributed by atoms with Crippen molar-refractivity contribution in [2.45, 2.75) is 26.3 Å². The van der Waals surface area contributed by atoms with E-state index in [1.165, 1.54) is 5.56 Å². The molecule has 1 aliphatic rings. The lowest BCUT2D eigenvalue weighted by atomic mass is 10.1. The van der Waals surface area contributed by atoms with Gasteiger partial charge in [0.1, 0.15) is 11.5 Å². The van der Waals surface area contributed by atoms with E-state index in [4.69, 9.17) is 9.47 Å². The number of hydrogen-bond acceptors (Lipinski definition) is 3. The summed E-state index contributed by atoms with van der Waals surface area (Å²) < 4.78 is 11.0. The fraction of sp³-hybridized carbons (Fsp3) is 0.409. The van der Waals surface area contributed by atoms with Crippen molar-refractivity contribution in [2.24, 2.45) is 5.92 Å². The van der Waals surface area contributed by atoms with Crippen LogP contribution in [0.5, 0.6) is 11.5 Å². The van der Waals surface area contributed by atoms with E-state index in [0.717, 1.165) is 43.0 Å². The lowest BCUT2D eigenvalue weighted by molar-refractivity contribution is 0.204. The molecular formula is C22H28N2O3. The minimum atomic E-state index is 0.00720. The molecule has 3 rings (SSSR count). The summed E-state index contributed by atoms with van der Waals surface area (Å²) in [4.78, 5) is 14.3. The van der Waals surface area contributed by atoms with Crippen molar-refractivity contribution < 1.29 is 14.3 Å². The first-order valence-corrected chi connectivity index (χ1v) is 9.49. The summed E-state index contributed by atoms with van der Waals surface area (Å²) in [5.74, 6) is 2.23. The molecule has 2 amide bonds. The van der Waals surface area contributed by atoms with Gasteiger partial charge in [0.25, 0.3) is 0 Å². The molecule has 1 aliphatic heterocycles. The van der Waals surface area contributed by atoms with Crippen LogP contribution in [0.15, 0.2) is 48.5 Å². The first-order valence-electron chi connectivity index (χ1n) is 9.49. The van der Waals surface area contributed by atoms with Crippen molar-refractivity contribution in [3.63, 3.8) is 0 Å². The second-order valence-corrected chi connectivity index (χ2v) is 7.06. The van der Waals surface area contributed by atoms with E-state index in [-0.39, 0.29) is 6.03 Å². The molecule has 1 fully saturated rings. The molecule has 1 atom stereocenters. The number of carbonyl (C=O) groups excluding carboxylic acids is 1. The molecule has 27 heavy (non-hydrogen) atoms. The summed E-state index contributed by atoms with van der Waals surface area (Å²) in [5, 5.41) is 3.00. The van der Waals surface area contributed by atoms with Gasteiger partial charge < -0.3 is 19.7 Å². The van der Waals surface area contributed by atoms with Crippen LogP contribution in [0.2, 0.25) is 0 Å². The Bertz CT molecular complexity index is 728. The number of urea groups is 1. The third kappa shape index (κ3) is 5.64. The van der Waals surface area contributed by atoms with Gasteiger partial charge in [-0.1, -0.05) is 29.8 Å². The number of carbonyl (C=O) groups is 1. The van der Waals surface area contributed by atoms with Gasteiger partial charge in [0.05, 0.1) is 13.7 Å². The normalized spacial score (nSPS) is 16.2. The first kappa shape index (κ1) is 19.1. The molecule has 0 aromatic heterocycles. The summed E-state index contributed by atoms with van der Waals surface area (Å²) >= 11 is 0. The maximum atomic E-state index is 12.4. The van der Waals surface area contributed by atoms with Crippen molar-refractivity contribution in [3.05, 3.63) is 59.7 Å². The molecule has 0 radical (unpaired) electrons. The zero-order valence-electron chi connectivity index (χ0n) is 16.1. The average molecular weight is 368 g/mol. The molecule has 0 bridgehead atoms. The van der Waals surface area contributed by atoms with Crippen molar-refractivity contribution in [2.75, 3.05) is 26.8 Å². The average Bonchev–Trinajstić information content (AvgIpc) is 3.17. The van der Waals surface area contributed by atoms with E-state index in [9.17, 15) is 4.79 Å². The molecule has 5 heteroatoms. The zero-order chi connectivity index (χ0) is 19.1. The van der Waals surface area contributed by atoms with E-state index in [1.807, 2.05) is 41.3 Å². The number of likely N-dealkylation sites (tertiary alicyclic amines) is 1. The highest BCUT2D eigenvalue weighted by atomic mass is 16.5. The highest BCUT2D eigenvalue weighted by Gasteiger charge is 2.25. The van der Waals surface area contributed by atoms with Crippen LogP contribution in [0, 0.1) is 12.8 Å². The highest BCUT2D eigenvalue weighted by Crippen LogP contribution is 2.21. The Morgan fingerprint density at radius 1 is 1.11 bits per heavy atom. The monoisotopic (exact) mass is 368 g/mol. The number of amides is 2. The molecule has 2 aromatic carbocycles. The lowest BCUT2D eigenvalue weighted by Crippen LogP contribution is -2.38. The molecule has 0 spiro atoms. The maximum Gasteiger partial charge on any atom is 0.317 e. The molecule has 0 aliphatic carbocycles. The van der Waals surface area contributed by atoms with Crippen LogP contribution in [-0.4, -0.2) is 37.7 Å². The Balaban J connectivity index is 1.36. The van der Waals surface area contributed by atoms with E-state index in [0.29, 0.717) is 19.1 Å².